The molecule has 2 nitrogen and oxygen atoms in total. The molecule has 1 aromatic carbocycles. The van der Waals surface area contributed by atoms with Crippen LogP contribution in [0.25, 0.3) is 10.9 Å². The number of hydrogen-bond acceptors (Lipinski definition) is 1. The Bertz CT molecular complexity index is 427. The maximum Gasteiger partial charge on any atom is 0.0498 e. The predicted octanol–water partition coefficient (Wildman–Crippen LogP) is 2.24. The van der Waals surface area contributed by atoms with Crippen molar-refractivity contribution in [3.63, 3.8) is 0 Å². The number of hydrogen-bond donors (Lipinski definition) is 0. The van der Waals surface area contributed by atoms with Crippen LogP contribution >= 0.6 is 0 Å². The molecule has 0 N–H and O–H groups in total. The third-order valence-corrected chi connectivity index (χ3v) is 2.39. The molecular formula is C11H14N2. The highest BCUT2D eigenvalue weighted by molar-refractivity contribution is 5.83. The van der Waals surface area contributed by atoms with Crippen LogP contribution < -0.4 is 4.90 Å². The smallest absolute Gasteiger partial charge is 0.0498 e. The van der Waals surface area contributed by atoms with Crippen molar-refractivity contribution < 1.29 is 0 Å². The fourth-order valence-corrected chi connectivity index (χ4v) is 1.53. The highest BCUT2D eigenvalue weighted by Gasteiger charge is 2.00. The second-order valence-electron chi connectivity index (χ2n) is 3.56. The molecule has 2 heteroatoms. The second-order valence-corrected chi connectivity index (χ2v) is 3.56. The van der Waals surface area contributed by atoms with Crippen LogP contribution in [0.5, 0.6) is 0 Å². The number of fused-ring (bicyclic) bond motifs is 1. The summed E-state index contributed by atoms with van der Waals surface area (Å²) in [5.74, 6) is 0. The Morgan fingerprint density at radius 2 is 1.92 bits per heavy atom. The molecule has 0 saturated carbocycles. The van der Waals surface area contributed by atoms with Crippen LogP contribution in [0.1, 0.15) is 0 Å². The minimum Gasteiger partial charge on any atom is -0.378 e. The third-order valence-electron chi connectivity index (χ3n) is 2.39. The Labute approximate surface area is 78.4 Å². The molecule has 0 unspecified atom stereocenters. The van der Waals surface area contributed by atoms with Crippen LogP contribution in [0.2, 0.25) is 0 Å². The molecule has 0 aliphatic rings. The first kappa shape index (κ1) is 8.17. The number of aromatic nitrogens is 1. The van der Waals surface area contributed by atoms with Gasteiger partial charge in [0.05, 0.1) is 0 Å². The number of nitrogens with zero attached hydrogens (tertiary/aromatic N) is 2. The third kappa shape index (κ3) is 1.28. The number of rotatable bonds is 1. The number of aryl methyl sites for hydroxylation is 1. The minimum absolute atomic E-state index is 1.24. The molecule has 0 radical (unpaired) electrons. The molecule has 0 aliphatic heterocycles. The Morgan fingerprint density at radius 1 is 1.15 bits per heavy atom. The minimum atomic E-state index is 1.24. The lowest BCUT2D eigenvalue weighted by Gasteiger charge is -2.12. The molecular weight excluding hydrogens is 160 g/mol. The van der Waals surface area contributed by atoms with Gasteiger partial charge in [0.1, 0.15) is 0 Å². The van der Waals surface area contributed by atoms with Crippen LogP contribution in [-0.4, -0.2) is 18.7 Å². The van der Waals surface area contributed by atoms with Crippen molar-refractivity contribution >= 4 is 16.6 Å². The first-order valence-electron chi connectivity index (χ1n) is 4.41. The van der Waals surface area contributed by atoms with Gasteiger partial charge in [0.15, 0.2) is 0 Å². The molecule has 1 heterocycles. The van der Waals surface area contributed by atoms with E-state index < -0.39 is 0 Å². The summed E-state index contributed by atoms with van der Waals surface area (Å²) in [6.07, 6.45) is 2.09. The number of anilines is 1. The van der Waals surface area contributed by atoms with Crippen molar-refractivity contribution in [2.24, 2.45) is 7.05 Å². The van der Waals surface area contributed by atoms with Gasteiger partial charge in [-0.2, -0.15) is 0 Å². The lowest BCUT2D eigenvalue weighted by Crippen LogP contribution is -2.08. The van der Waals surface area contributed by atoms with E-state index in [1.807, 2.05) is 0 Å². The normalized spacial score (nSPS) is 10.7. The maximum absolute atomic E-state index is 2.20. The molecule has 0 atom stereocenters. The fraction of sp³-hybridized carbons (Fsp3) is 0.273. The molecule has 0 fully saturated rings. The van der Waals surface area contributed by atoms with Gasteiger partial charge >= 0.3 is 0 Å². The lowest BCUT2D eigenvalue weighted by molar-refractivity contribution is 0.968. The Hall–Kier alpha value is -1.44. The standard InChI is InChI=1S/C11H14N2/c1-12(2)10-5-4-9-6-7-13(3)11(9)8-10/h4-8H,1-3H3. The van der Waals surface area contributed by atoms with E-state index in [0.717, 1.165) is 0 Å². The first-order valence-corrected chi connectivity index (χ1v) is 4.41. The van der Waals surface area contributed by atoms with Crippen molar-refractivity contribution in [1.29, 1.82) is 0 Å². The van der Waals surface area contributed by atoms with Gasteiger partial charge in [-0.05, 0) is 23.6 Å². The molecule has 2 rings (SSSR count). The van der Waals surface area contributed by atoms with Crippen LogP contribution in [0.4, 0.5) is 5.69 Å². The number of benzene rings is 1. The molecule has 0 amide bonds. The highest BCUT2D eigenvalue weighted by atomic mass is 15.1. The van der Waals surface area contributed by atoms with E-state index in [1.165, 1.54) is 16.6 Å². The molecule has 1 aromatic heterocycles. The van der Waals surface area contributed by atoms with E-state index in [0.29, 0.717) is 0 Å². The van der Waals surface area contributed by atoms with Crippen molar-refractivity contribution in [1.82, 2.24) is 4.57 Å². The molecule has 13 heavy (non-hydrogen) atoms. The second kappa shape index (κ2) is 2.80. The van der Waals surface area contributed by atoms with Crippen LogP contribution in [-0.2, 0) is 7.05 Å². The Kier molecular flexibility index (Phi) is 1.76. The Morgan fingerprint density at radius 3 is 2.62 bits per heavy atom. The van der Waals surface area contributed by atoms with Gasteiger partial charge in [-0.25, -0.2) is 0 Å². The summed E-state index contributed by atoms with van der Waals surface area (Å²) in [5, 5.41) is 1.30. The van der Waals surface area contributed by atoms with Crippen LogP contribution in [0.15, 0.2) is 30.5 Å². The monoisotopic (exact) mass is 174 g/mol. The molecule has 0 spiro atoms. The predicted molar refractivity (Wildman–Crippen MR) is 57.2 cm³/mol. The quantitative estimate of drug-likeness (QED) is 0.643. The first-order chi connectivity index (χ1) is 6.18. The van der Waals surface area contributed by atoms with Crippen molar-refractivity contribution in [3.8, 4) is 0 Å². The maximum atomic E-state index is 2.20. The molecule has 0 bridgehead atoms. The topological polar surface area (TPSA) is 8.17 Å². The molecule has 2 aromatic rings. The van der Waals surface area contributed by atoms with Gasteiger partial charge in [0, 0.05) is 38.5 Å². The summed E-state index contributed by atoms with van der Waals surface area (Å²) in [7, 11) is 6.19. The summed E-state index contributed by atoms with van der Waals surface area (Å²) in [5.41, 5.74) is 2.53. The van der Waals surface area contributed by atoms with Gasteiger partial charge < -0.3 is 9.47 Å². The highest BCUT2D eigenvalue weighted by Crippen LogP contribution is 2.20. The van der Waals surface area contributed by atoms with Gasteiger partial charge in [-0.1, -0.05) is 6.07 Å². The summed E-state index contributed by atoms with van der Waals surface area (Å²) < 4.78 is 2.14. The van der Waals surface area contributed by atoms with Crippen molar-refractivity contribution in [3.05, 3.63) is 30.5 Å². The summed E-state index contributed by atoms with van der Waals surface area (Å²) in [6, 6.07) is 8.64. The van der Waals surface area contributed by atoms with E-state index in [2.05, 4.69) is 61.1 Å². The molecule has 68 valence electrons. The van der Waals surface area contributed by atoms with E-state index in [-0.39, 0.29) is 0 Å². The largest absolute Gasteiger partial charge is 0.378 e. The average molecular weight is 174 g/mol. The van der Waals surface area contributed by atoms with Crippen LogP contribution in [0.3, 0.4) is 0 Å². The van der Waals surface area contributed by atoms with E-state index in [9.17, 15) is 0 Å². The van der Waals surface area contributed by atoms with Gasteiger partial charge in [0.25, 0.3) is 0 Å². The summed E-state index contributed by atoms with van der Waals surface area (Å²) in [4.78, 5) is 2.12. The lowest BCUT2D eigenvalue weighted by atomic mass is 10.2. The SMILES string of the molecule is CN(C)c1ccc2ccn(C)c2c1. The van der Waals surface area contributed by atoms with Gasteiger partial charge in [-0.3, -0.25) is 0 Å². The van der Waals surface area contributed by atoms with E-state index in [1.54, 1.807) is 0 Å². The molecule has 0 aliphatic carbocycles. The average Bonchev–Trinajstić information content (AvgIpc) is 2.47. The zero-order chi connectivity index (χ0) is 9.42. The summed E-state index contributed by atoms with van der Waals surface area (Å²) in [6.45, 7) is 0. The fourth-order valence-electron chi connectivity index (χ4n) is 1.53. The summed E-state index contributed by atoms with van der Waals surface area (Å²) >= 11 is 0. The van der Waals surface area contributed by atoms with E-state index in [4.69, 9.17) is 0 Å². The molecule has 0 saturated heterocycles. The van der Waals surface area contributed by atoms with Gasteiger partial charge in [0.2, 0.25) is 0 Å². The zero-order valence-electron chi connectivity index (χ0n) is 8.28. The zero-order valence-corrected chi connectivity index (χ0v) is 8.28. The van der Waals surface area contributed by atoms with Crippen molar-refractivity contribution in [2.45, 2.75) is 0 Å². The van der Waals surface area contributed by atoms with Crippen molar-refractivity contribution in [2.75, 3.05) is 19.0 Å². The van der Waals surface area contributed by atoms with Gasteiger partial charge in [-0.15, -0.1) is 0 Å². The van der Waals surface area contributed by atoms with E-state index >= 15 is 0 Å². The van der Waals surface area contributed by atoms with Crippen LogP contribution in [0, 0.1) is 0 Å². The Balaban J connectivity index is 2.66.